The van der Waals surface area contributed by atoms with Gasteiger partial charge in [0.1, 0.15) is 0 Å². The molecule has 86 valence electrons. The van der Waals surface area contributed by atoms with E-state index in [2.05, 4.69) is 18.4 Å². The van der Waals surface area contributed by atoms with Crippen LogP contribution in [0, 0.1) is 0 Å². The van der Waals surface area contributed by atoms with Crippen LogP contribution in [0.15, 0.2) is 12.7 Å². The van der Waals surface area contributed by atoms with Gasteiger partial charge in [-0.15, -0.1) is 0 Å². The lowest BCUT2D eigenvalue weighted by atomic mass is 10.0. The van der Waals surface area contributed by atoms with E-state index in [4.69, 9.17) is 0 Å². The van der Waals surface area contributed by atoms with Crippen LogP contribution in [0.2, 0.25) is 0 Å². The van der Waals surface area contributed by atoms with Crippen molar-refractivity contribution in [3.8, 4) is 0 Å². The lowest BCUT2D eigenvalue weighted by Crippen LogP contribution is -2.45. The average molecular weight is 210 g/mol. The van der Waals surface area contributed by atoms with Gasteiger partial charge in [-0.25, -0.2) is 0 Å². The van der Waals surface area contributed by atoms with Gasteiger partial charge in [-0.05, 0) is 31.9 Å². The summed E-state index contributed by atoms with van der Waals surface area (Å²) in [6, 6.07) is 0.406. The largest absolute Gasteiger partial charge is 0.339 e. The summed E-state index contributed by atoms with van der Waals surface area (Å²) in [6.07, 6.45) is 4.80. The summed E-state index contributed by atoms with van der Waals surface area (Å²) in [4.78, 5) is 15.7. The van der Waals surface area contributed by atoms with Gasteiger partial charge in [0.15, 0.2) is 0 Å². The first-order chi connectivity index (χ1) is 7.19. The van der Waals surface area contributed by atoms with Crippen molar-refractivity contribution >= 4 is 5.91 Å². The zero-order valence-corrected chi connectivity index (χ0v) is 9.91. The fourth-order valence-electron chi connectivity index (χ4n) is 2.17. The van der Waals surface area contributed by atoms with E-state index in [1.807, 2.05) is 11.9 Å². The van der Waals surface area contributed by atoms with Crippen LogP contribution in [0.3, 0.4) is 0 Å². The second-order valence-corrected chi connectivity index (χ2v) is 4.23. The molecule has 0 spiro atoms. The molecule has 0 atom stereocenters. The molecule has 0 aromatic rings. The van der Waals surface area contributed by atoms with Gasteiger partial charge in [-0.2, -0.15) is 0 Å². The zero-order chi connectivity index (χ0) is 11.3. The molecule has 1 rings (SSSR count). The van der Waals surface area contributed by atoms with Gasteiger partial charge in [-0.1, -0.05) is 13.5 Å². The van der Waals surface area contributed by atoms with Gasteiger partial charge in [0.05, 0.1) is 0 Å². The van der Waals surface area contributed by atoms with Crippen molar-refractivity contribution < 1.29 is 4.79 Å². The first kappa shape index (κ1) is 12.2. The number of carbonyl (C=O) groups excluding carboxylic acids is 1. The minimum atomic E-state index is 0.0453. The van der Waals surface area contributed by atoms with Gasteiger partial charge < -0.3 is 9.80 Å². The normalized spacial score (nSPS) is 18.8. The number of rotatable bonds is 4. The third kappa shape index (κ3) is 3.34. The Kier molecular flexibility index (Phi) is 4.82. The maximum Gasteiger partial charge on any atom is 0.245 e. The van der Waals surface area contributed by atoms with Crippen molar-refractivity contribution in [2.75, 3.05) is 26.7 Å². The minimum absolute atomic E-state index is 0.0453. The highest BCUT2D eigenvalue weighted by Crippen LogP contribution is 2.15. The summed E-state index contributed by atoms with van der Waals surface area (Å²) in [7, 11) is 1.88. The maximum absolute atomic E-state index is 11.4. The van der Waals surface area contributed by atoms with Crippen molar-refractivity contribution in [2.24, 2.45) is 0 Å². The van der Waals surface area contributed by atoms with Crippen molar-refractivity contribution in [3.63, 3.8) is 0 Å². The van der Waals surface area contributed by atoms with E-state index in [1.54, 1.807) is 0 Å². The summed E-state index contributed by atoms with van der Waals surface area (Å²) < 4.78 is 0. The number of amides is 1. The van der Waals surface area contributed by atoms with Gasteiger partial charge >= 0.3 is 0 Å². The average Bonchev–Trinajstić information content (AvgIpc) is 2.28. The summed E-state index contributed by atoms with van der Waals surface area (Å²) in [5.41, 5.74) is 0. The van der Waals surface area contributed by atoms with Gasteiger partial charge in [0.25, 0.3) is 0 Å². The number of nitrogens with zero attached hydrogens (tertiary/aromatic N) is 2. The van der Waals surface area contributed by atoms with E-state index >= 15 is 0 Å². The van der Waals surface area contributed by atoms with Crippen molar-refractivity contribution in [1.29, 1.82) is 0 Å². The molecule has 1 aliphatic rings. The number of piperidine rings is 1. The molecular formula is C12H22N2O. The highest BCUT2D eigenvalue weighted by Gasteiger charge is 2.23. The Labute approximate surface area is 92.7 Å². The van der Waals surface area contributed by atoms with E-state index in [9.17, 15) is 4.79 Å². The maximum atomic E-state index is 11.4. The quantitative estimate of drug-likeness (QED) is 0.657. The molecule has 0 N–H and O–H groups in total. The van der Waals surface area contributed by atoms with Crippen LogP contribution in [0.25, 0.3) is 0 Å². The minimum Gasteiger partial charge on any atom is -0.339 e. The first-order valence-electron chi connectivity index (χ1n) is 5.80. The molecule has 1 saturated heterocycles. The van der Waals surface area contributed by atoms with Crippen molar-refractivity contribution in [1.82, 2.24) is 9.80 Å². The number of likely N-dealkylation sites (N-methyl/N-ethyl adjacent to an activating group) is 1. The van der Waals surface area contributed by atoms with Crippen LogP contribution in [0.1, 0.15) is 26.2 Å². The van der Waals surface area contributed by atoms with Crippen molar-refractivity contribution in [2.45, 2.75) is 32.2 Å². The Bertz CT molecular complexity index is 220. The molecule has 3 nitrogen and oxygen atoms in total. The predicted octanol–water partition coefficient (Wildman–Crippen LogP) is 1.51. The SMILES string of the molecule is C=CC(=O)N(C)C1CCN(CCC)CC1. The standard InChI is InChI=1S/C12H22N2O/c1-4-8-14-9-6-11(7-10-14)13(3)12(15)5-2/h5,11H,2,4,6-10H2,1,3H3. The molecule has 0 aromatic carbocycles. The third-order valence-electron chi connectivity index (χ3n) is 3.17. The van der Waals surface area contributed by atoms with Crippen LogP contribution >= 0.6 is 0 Å². The molecule has 0 aliphatic carbocycles. The second-order valence-electron chi connectivity index (χ2n) is 4.23. The monoisotopic (exact) mass is 210 g/mol. The number of hydrogen-bond donors (Lipinski definition) is 0. The summed E-state index contributed by atoms with van der Waals surface area (Å²) in [5.74, 6) is 0.0453. The topological polar surface area (TPSA) is 23.6 Å². The first-order valence-corrected chi connectivity index (χ1v) is 5.80. The molecule has 15 heavy (non-hydrogen) atoms. The Hall–Kier alpha value is -0.830. The molecule has 1 aliphatic heterocycles. The fourth-order valence-corrected chi connectivity index (χ4v) is 2.17. The van der Waals surface area contributed by atoms with Crippen LogP contribution in [0.4, 0.5) is 0 Å². The summed E-state index contributed by atoms with van der Waals surface area (Å²) in [5, 5.41) is 0. The Morgan fingerprint density at radius 2 is 2.13 bits per heavy atom. The van der Waals surface area contributed by atoms with E-state index in [-0.39, 0.29) is 5.91 Å². The van der Waals surface area contributed by atoms with E-state index < -0.39 is 0 Å². The molecule has 0 bridgehead atoms. The molecule has 0 radical (unpaired) electrons. The summed E-state index contributed by atoms with van der Waals surface area (Å²) >= 11 is 0. The zero-order valence-electron chi connectivity index (χ0n) is 9.91. The highest BCUT2D eigenvalue weighted by atomic mass is 16.2. The molecule has 0 aromatic heterocycles. The van der Waals surface area contributed by atoms with E-state index in [1.165, 1.54) is 19.0 Å². The Morgan fingerprint density at radius 1 is 1.53 bits per heavy atom. The Morgan fingerprint density at radius 3 is 2.60 bits per heavy atom. The van der Waals surface area contributed by atoms with Crippen LogP contribution < -0.4 is 0 Å². The molecule has 1 heterocycles. The van der Waals surface area contributed by atoms with E-state index in [0.29, 0.717) is 6.04 Å². The molecule has 0 saturated carbocycles. The Balaban J connectivity index is 2.36. The number of carbonyl (C=O) groups is 1. The van der Waals surface area contributed by atoms with Gasteiger partial charge in [-0.3, -0.25) is 4.79 Å². The lowest BCUT2D eigenvalue weighted by molar-refractivity contribution is -0.127. The molecule has 0 unspecified atom stereocenters. The molecule has 3 heteroatoms. The number of hydrogen-bond acceptors (Lipinski definition) is 2. The molecule has 1 fully saturated rings. The highest BCUT2D eigenvalue weighted by molar-refractivity contribution is 5.87. The lowest BCUT2D eigenvalue weighted by Gasteiger charge is -2.36. The van der Waals surface area contributed by atoms with Crippen LogP contribution in [0.5, 0.6) is 0 Å². The predicted molar refractivity (Wildman–Crippen MR) is 62.7 cm³/mol. The number of likely N-dealkylation sites (tertiary alicyclic amines) is 1. The van der Waals surface area contributed by atoms with Gasteiger partial charge in [0, 0.05) is 26.2 Å². The van der Waals surface area contributed by atoms with Crippen LogP contribution in [-0.4, -0.2) is 48.4 Å². The second kappa shape index (κ2) is 5.91. The molecule has 1 amide bonds. The fraction of sp³-hybridized carbons (Fsp3) is 0.750. The molecular weight excluding hydrogens is 188 g/mol. The van der Waals surface area contributed by atoms with E-state index in [0.717, 1.165) is 25.9 Å². The van der Waals surface area contributed by atoms with Crippen molar-refractivity contribution in [3.05, 3.63) is 12.7 Å². The summed E-state index contributed by atoms with van der Waals surface area (Å²) in [6.45, 7) is 9.15. The smallest absolute Gasteiger partial charge is 0.245 e. The van der Waals surface area contributed by atoms with Crippen LogP contribution in [-0.2, 0) is 4.79 Å². The third-order valence-corrected chi connectivity index (χ3v) is 3.17. The van der Waals surface area contributed by atoms with Gasteiger partial charge in [0.2, 0.25) is 5.91 Å².